The van der Waals surface area contributed by atoms with E-state index in [0.717, 1.165) is 0 Å². The van der Waals surface area contributed by atoms with Gasteiger partial charge in [-0.15, -0.1) is 0 Å². The van der Waals surface area contributed by atoms with Gasteiger partial charge in [0.2, 0.25) is 0 Å². The van der Waals surface area contributed by atoms with Gasteiger partial charge in [0.25, 0.3) is 0 Å². The lowest BCUT2D eigenvalue weighted by Gasteiger charge is -2.25. The summed E-state index contributed by atoms with van der Waals surface area (Å²) in [5.74, 6) is -3.00. The normalized spacial score (nSPS) is 11.6. The minimum absolute atomic E-state index is 0.384. The van der Waals surface area contributed by atoms with Gasteiger partial charge in [-0.1, -0.05) is 31.2 Å². The van der Waals surface area contributed by atoms with Crippen molar-refractivity contribution in [3.63, 3.8) is 0 Å². The van der Waals surface area contributed by atoms with Crippen molar-refractivity contribution in [2.75, 3.05) is 0 Å². The Balaban J connectivity index is 3.37. The second-order valence-electron chi connectivity index (χ2n) is 4.68. The number of aryl methyl sites for hydroxylation is 1. The zero-order valence-corrected chi connectivity index (χ0v) is 11.7. The molecule has 0 aliphatic rings. The third-order valence-electron chi connectivity index (χ3n) is 3.57. The third-order valence-corrected chi connectivity index (χ3v) is 3.57. The van der Waals surface area contributed by atoms with Gasteiger partial charge in [0, 0.05) is 5.56 Å². The fourth-order valence-electron chi connectivity index (χ4n) is 2.12. The Kier molecular flexibility index (Phi) is 4.80. The molecule has 0 aliphatic carbocycles. The number of nitrogens with zero attached hydrogens (tertiary/aromatic N) is 4. The number of hydrogen-bond acceptors (Lipinski definition) is 5. The lowest BCUT2D eigenvalue weighted by molar-refractivity contribution is 0.0864. The molecule has 102 valence electrons. The number of rotatable bonds is 4. The number of Topliss-reactive ketones (excluding diaryl/α,β-unsaturated/α-hetero) is 1. The van der Waals surface area contributed by atoms with Crippen molar-refractivity contribution < 1.29 is 4.79 Å². The van der Waals surface area contributed by atoms with Crippen molar-refractivity contribution in [1.82, 2.24) is 0 Å². The van der Waals surface area contributed by atoms with E-state index < -0.39 is 23.0 Å². The van der Waals surface area contributed by atoms with Crippen LogP contribution in [0, 0.1) is 69.5 Å². The van der Waals surface area contributed by atoms with E-state index in [-0.39, 0.29) is 0 Å². The molecule has 5 nitrogen and oxygen atoms in total. The summed E-state index contributed by atoms with van der Waals surface area (Å²) in [5.41, 5.74) is -0.887. The van der Waals surface area contributed by atoms with Crippen molar-refractivity contribution >= 4 is 5.78 Å². The molecule has 21 heavy (non-hydrogen) atoms. The molecule has 0 bridgehead atoms. The standard InChI is InChI=1S/C16H12N4O/c1-11-5-3-4-6-14(11)15(21)12(2)16(9-19,10-20)13(7-17)8-18/h3-6,12-13H,1-2H3. The smallest absolute Gasteiger partial charge is 0.182 e. The summed E-state index contributed by atoms with van der Waals surface area (Å²) >= 11 is 0. The Morgan fingerprint density at radius 1 is 1.10 bits per heavy atom. The second kappa shape index (κ2) is 6.33. The molecule has 0 spiro atoms. The van der Waals surface area contributed by atoms with Crippen LogP contribution < -0.4 is 0 Å². The molecule has 5 heteroatoms. The fourth-order valence-corrected chi connectivity index (χ4v) is 2.12. The minimum atomic E-state index is -1.98. The summed E-state index contributed by atoms with van der Waals surface area (Å²) in [6.45, 7) is 3.15. The van der Waals surface area contributed by atoms with Crippen molar-refractivity contribution in [2.45, 2.75) is 13.8 Å². The molecule has 0 saturated carbocycles. The number of ketones is 1. The monoisotopic (exact) mass is 276 g/mol. The first kappa shape index (κ1) is 15.9. The zero-order valence-electron chi connectivity index (χ0n) is 11.7. The Morgan fingerprint density at radius 2 is 1.62 bits per heavy atom. The molecule has 0 saturated heterocycles. The number of hydrogen-bond donors (Lipinski definition) is 0. The van der Waals surface area contributed by atoms with Gasteiger partial charge in [0.1, 0.15) is 0 Å². The van der Waals surface area contributed by atoms with Crippen LogP contribution in [0.1, 0.15) is 22.8 Å². The van der Waals surface area contributed by atoms with Crippen LogP contribution in [0.2, 0.25) is 0 Å². The lowest BCUT2D eigenvalue weighted by atomic mass is 9.67. The van der Waals surface area contributed by atoms with E-state index in [1.165, 1.54) is 6.92 Å². The highest BCUT2D eigenvalue weighted by molar-refractivity contribution is 6.00. The van der Waals surface area contributed by atoms with Crippen LogP contribution in [0.5, 0.6) is 0 Å². The first-order valence-electron chi connectivity index (χ1n) is 6.20. The summed E-state index contributed by atoms with van der Waals surface area (Å²) in [6.07, 6.45) is 0. The van der Waals surface area contributed by atoms with Gasteiger partial charge < -0.3 is 0 Å². The van der Waals surface area contributed by atoms with Crippen LogP contribution in [0.25, 0.3) is 0 Å². The Morgan fingerprint density at radius 3 is 2.05 bits per heavy atom. The van der Waals surface area contributed by atoms with Crippen molar-refractivity contribution in [2.24, 2.45) is 17.3 Å². The van der Waals surface area contributed by atoms with E-state index in [0.29, 0.717) is 11.1 Å². The minimum Gasteiger partial charge on any atom is -0.294 e. The highest BCUT2D eigenvalue weighted by Gasteiger charge is 2.49. The predicted molar refractivity (Wildman–Crippen MR) is 73.0 cm³/mol. The van der Waals surface area contributed by atoms with Gasteiger partial charge in [-0.25, -0.2) is 0 Å². The molecule has 0 fully saturated rings. The van der Waals surface area contributed by atoms with E-state index in [1.807, 2.05) is 0 Å². The number of benzene rings is 1. The maximum absolute atomic E-state index is 12.5. The summed E-state index contributed by atoms with van der Waals surface area (Å²) in [7, 11) is 0. The molecule has 0 heterocycles. The Labute approximate surface area is 123 Å². The maximum Gasteiger partial charge on any atom is 0.182 e. The van der Waals surface area contributed by atoms with Crippen LogP contribution >= 0.6 is 0 Å². The highest BCUT2D eigenvalue weighted by Crippen LogP contribution is 2.37. The molecule has 1 rings (SSSR count). The topological polar surface area (TPSA) is 112 Å². The zero-order chi connectivity index (χ0) is 16.0. The van der Waals surface area contributed by atoms with Crippen molar-refractivity contribution in [1.29, 1.82) is 21.0 Å². The SMILES string of the molecule is Cc1ccccc1C(=O)C(C)C(C#N)(C#N)C(C#N)C#N. The third kappa shape index (κ3) is 2.59. The molecule has 1 aromatic carbocycles. The fraction of sp³-hybridized carbons (Fsp3) is 0.312. The molecular weight excluding hydrogens is 264 g/mol. The Hall–Kier alpha value is -3.15. The lowest BCUT2D eigenvalue weighted by Crippen LogP contribution is -2.37. The van der Waals surface area contributed by atoms with Crippen LogP contribution in [0.3, 0.4) is 0 Å². The van der Waals surface area contributed by atoms with E-state index >= 15 is 0 Å². The van der Waals surface area contributed by atoms with E-state index in [4.69, 9.17) is 10.5 Å². The van der Waals surface area contributed by atoms with Crippen LogP contribution in [-0.4, -0.2) is 5.78 Å². The average Bonchev–Trinajstić information content (AvgIpc) is 2.52. The van der Waals surface area contributed by atoms with E-state index in [9.17, 15) is 15.3 Å². The molecule has 0 radical (unpaired) electrons. The van der Waals surface area contributed by atoms with Gasteiger partial charge in [0.05, 0.1) is 30.2 Å². The highest BCUT2D eigenvalue weighted by atomic mass is 16.1. The van der Waals surface area contributed by atoms with Gasteiger partial charge in [-0.2, -0.15) is 21.0 Å². The van der Waals surface area contributed by atoms with Gasteiger partial charge in [0.15, 0.2) is 17.1 Å². The molecular formula is C16H12N4O. The van der Waals surface area contributed by atoms with Crippen LogP contribution in [0.15, 0.2) is 24.3 Å². The summed E-state index contributed by atoms with van der Waals surface area (Å²) in [5, 5.41) is 36.6. The van der Waals surface area contributed by atoms with E-state index in [1.54, 1.807) is 55.5 Å². The van der Waals surface area contributed by atoms with Crippen LogP contribution in [-0.2, 0) is 0 Å². The summed E-state index contributed by atoms with van der Waals surface area (Å²) in [6, 6.07) is 13.5. The van der Waals surface area contributed by atoms with Gasteiger partial charge >= 0.3 is 0 Å². The number of carbonyl (C=O) groups excluding carboxylic acids is 1. The first-order chi connectivity index (χ1) is 9.98. The van der Waals surface area contributed by atoms with E-state index in [2.05, 4.69) is 0 Å². The average molecular weight is 276 g/mol. The molecule has 1 unspecified atom stereocenters. The number of carbonyl (C=O) groups is 1. The Bertz CT molecular complexity index is 696. The molecule has 0 amide bonds. The first-order valence-corrected chi connectivity index (χ1v) is 6.20. The maximum atomic E-state index is 12.5. The predicted octanol–water partition coefficient (Wildman–Crippen LogP) is 2.51. The molecule has 1 aromatic rings. The number of nitriles is 4. The van der Waals surface area contributed by atoms with Gasteiger partial charge in [-0.3, -0.25) is 4.79 Å². The largest absolute Gasteiger partial charge is 0.294 e. The summed E-state index contributed by atoms with van der Waals surface area (Å²) < 4.78 is 0. The second-order valence-corrected chi connectivity index (χ2v) is 4.68. The molecule has 1 atom stereocenters. The van der Waals surface area contributed by atoms with Crippen molar-refractivity contribution in [3.05, 3.63) is 35.4 Å². The summed E-state index contributed by atoms with van der Waals surface area (Å²) in [4.78, 5) is 12.5. The quantitative estimate of drug-likeness (QED) is 0.784. The van der Waals surface area contributed by atoms with Crippen molar-refractivity contribution in [3.8, 4) is 24.3 Å². The molecule has 0 N–H and O–H groups in total. The molecule has 0 aliphatic heterocycles. The molecule has 0 aromatic heterocycles. The van der Waals surface area contributed by atoms with Gasteiger partial charge in [-0.05, 0) is 12.5 Å². The van der Waals surface area contributed by atoms with Crippen LogP contribution in [0.4, 0.5) is 0 Å².